The van der Waals surface area contributed by atoms with Gasteiger partial charge in [0.05, 0.1) is 11.0 Å². The van der Waals surface area contributed by atoms with Crippen LogP contribution < -0.4 is 10.1 Å². The molecule has 2 aromatic rings. The maximum atomic E-state index is 10.8. The van der Waals surface area contributed by atoms with Gasteiger partial charge in [0.1, 0.15) is 11.5 Å². The molecule has 21 heavy (non-hydrogen) atoms. The quantitative estimate of drug-likeness (QED) is 0.639. The van der Waals surface area contributed by atoms with Gasteiger partial charge in [-0.15, -0.1) is 0 Å². The predicted octanol–water partition coefficient (Wildman–Crippen LogP) is 4.43. The number of halogens is 1. The van der Waals surface area contributed by atoms with Crippen molar-refractivity contribution in [3.8, 4) is 11.5 Å². The summed E-state index contributed by atoms with van der Waals surface area (Å²) in [6.45, 7) is 2.02. The van der Waals surface area contributed by atoms with Crippen LogP contribution in [0.3, 0.4) is 0 Å². The van der Waals surface area contributed by atoms with Crippen LogP contribution in [0.25, 0.3) is 0 Å². The van der Waals surface area contributed by atoms with Crippen LogP contribution in [0, 0.1) is 10.1 Å². The molecule has 0 aliphatic carbocycles. The van der Waals surface area contributed by atoms with Crippen molar-refractivity contribution in [3.63, 3.8) is 0 Å². The Morgan fingerprint density at radius 3 is 2.71 bits per heavy atom. The topological polar surface area (TPSA) is 64.4 Å². The van der Waals surface area contributed by atoms with Gasteiger partial charge in [0.2, 0.25) is 0 Å². The van der Waals surface area contributed by atoms with Crippen LogP contribution >= 0.6 is 15.9 Å². The molecule has 0 saturated carbocycles. The van der Waals surface area contributed by atoms with Crippen LogP contribution in [-0.2, 0) is 0 Å². The third-order valence-corrected chi connectivity index (χ3v) is 3.62. The first kappa shape index (κ1) is 15.5. The van der Waals surface area contributed by atoms with E-state index in [0.717, 1.165) is 10.0 Å². The Balaban J connectivity index is 2.36. The van der Waals surface area contributed by atoms with Gasteiger partial charge in [0.25, 0.3) is 5.69 Å². The van der Waals surface area contributed by atoms with E-state index < -0.39 is 4.92 Å². The Morgan fingerprint density at radius 2 is 2.05 bits per heavy atom. The summed E-state index contributed by atoms with van der Waals surface area (Å²) < 4.78 is 6.71. The lowest BCUT2D eigenvalue weighted by molar-refractivity contribution is -0.384. The fraction of sp³-hybridized carbons (Fsp3) is 0.200. The summed E-state index contributed by atoms with van der Waals surface area (Å²) in [6, 6.07) is 12.0. The van der Waals surface area contributed by atoms with E-state index in [1.165, 1.54) is 12.1 Å². The summed E-state index contributed by atoms with van der Waals surface area (Å²) in [4.78, 5) is 10.4. The lowest BCUT2D eigenvalue weighted by atomic mass is 10.1. The number of ether oxygens (including phenoxy) is 1. The first-order valence-corrected chi connectivity index (χ1v) is 7.19. The molecule has 0 aliphatic rings. The second-order valence-corrected chi connectivity index (χ2v) is 5.46. The highest BCUT2D eigenvalue weighted by molar-refractivity contribution is 9.10. The van der Waals surface area contributed by atoms with Crippen molar-refractivity contribution >= 4 is 21.6 Å². The van der Waals surface area contributed by atoms with Crippen LogP contribution in [0.5, 0.6) is 11.5 Å². The van der Waals surface area contributed by atoms with Crippen molar-refractivity contribution in [2.45, 2.75) is 13.0 Å². The molecule has 0 spiro atoms. The molecule has 0 amide bonds. The van der Waals surface area contributed by atoms with Crippen molar-refractivity contribution in [2.24, 2.45) is 0 Å². The number of nitrogens with zero attached hydrogens (tertiary/aromatic N) is 1. The van der Waals surface area contributed by atoms with E-state index in [1.807, 2.05) is 32.2 Å². The van der Waals surface area contributed by atoms with E-state index in [4.69, 9.17) is 4.74 Å². The zero-order valence-corrected chi connectivity index (χ0v) is 13.3. The molecule has 0 bridgehead atoms. The second kappa shape index (κ2) is 6.69. The number of nitrogens with one attached hydrogen (secondary N) is 1. The summed E-state index contributed by atoms with van der Waals surface area (Å²) in [5.74, 6) is 1.10. The molecule has 0 aromatic heterocycles. The molecule has 6 heteroatoms. The van der Waals surface area contributed by atoms with Crippen LogP contribution in [0.4, 0.5) is 5.69 Å². The van der Waals surface area contributed by atoms with E-state index in [0.29, 0.717) is 11.5 Å². The van der Waals surface area contributed by atoms with Crippen LogP contribution in [0.15, 0.2) is 46.9 Å². The van der Waals surface area contributed by atoms with Gasteiger partial charge >= 0.3 is 0 Å². The average molecular weight is 351 g/mol. The van der Waals surface area contributed by atoms with E-state index in [2.05, 4.69) is 21.2 Å². The minimum Gasteiger partial charge on any atom is -0.457 e. The average Bonchev–Trinajstić information content (AvgIpc) is 2.47. The van der Waals surface area contributed by atoms with Gasteiger partial charge in [-0.3, -0.25) is 10.1 Å². The molecular weight excluding hydrogens is 336 g/mol. The Morgan fingerprint density at radius 1 is 1.29 bits per heavy atom. The summed E-state index contributed by atoms with van der Waals surface area (Å²) in [5, 5.41) is 14.0. The third kappa shape index (κ3) is 3.80. The first-order chi connectivity index (χ1) is 10.0. The fourth-order valence-corrected chi connectivity index (χ4v) is 2.24. The number of benzene rings is 2. The number of nitro groups is 1. The van der Waals surface area contributed by atoms with Crippen molar-refractivity contribution in [2.75, 3.05) is 7.05 Å². The fourth-order valence-electron chi connectivity index (χ4n) is 1.90. The van der Waals surface area contributed by atoms with E-state index in [1.54, 1.807) is 12.1 Å². The molecule has 2 aromatic carbocycles. The Bertz CT molecular complexity index is 661. The Hall–Kier alpha value is -1.92. The Labute approximate surface area is 131 Å². The SMILES string of the molecule is CNC(C)c1ccc(Br)cc1Oc1cccc([N+](=O)[O-])c1. The van der Waals surface area contributed by atoms with Crippen LogP contribution in [0.1, 0.15) is 18.5 Å². The van der Waals surface area contributed by atoms with Gasteiger partial charge in [-0.05, 0) is 32.2 Å². The van der Waals surface area contributed by atoms with Crippen LogP contribution in [-0.4, -0.2) is 12.0 Å². The molecule has 1 unspecified atom stereocenters. The molecule has 2 rings (SSSR count). The monoisotopic (exact) mass is 350 g/mol. The molecule has 0 fully saturated rings. The molecule has 0 radical (unpaired) electrons. The van der Waals surface area contributed by atoms with Gasteiger partial charge in [-0.2, -0.15) is 0 Å². The predicted molar refractivity (Wildman–Crippen MR) is 84.8 cm³/mol. The highest BCUT2D eigenvalue weighted by Gasteiger charge is 2.13. The highest BCUT2D eigenvalue weighted by Crippen LogP contribution is 2.33. The largest absolute Gasteiger partial charge is 0.457 e. The van der Waals surface area contributed by atoms with Crippen LogP contribution in [0.2, 0.25) is 0 Å². The first-order valence-electron chi connectivity index (χ1n) is 6.40. The number of hydrogen-bond donors (Lipinski definition) is 1. The lowest BCUT2D eigenvalue weighted by Gasteiger charge is -2.16. The highest BCUT2D eigenvalue weighted by atomic mass is 79.9. The minimum absolute atomic E-state index is 0.00529. The lowest BCUT2D eigenvalue weighted by Crippen LogP contribution is -2.13. The van der Waals surface area contributed by atoms with Crippen molar-refractivity contribution < 1.29 is 9.66 Å². The number of non-ortho nitro benzene ring substituents is 1. The molecule has 1 atom stereocenters. The molecule has 1 N–H and O–H groups in total. The van der Waals surface area contributed by atoms with Crippen molar-refractivity contribution in [1.29, 1.82) is 0 Å². The zero-order valence-electron chi connectivity index (χ0n) is 11.7. The van der Waals surface area contributed by atoms with Crippen molar-refractivity contribution in [3.05, 3.63) is 62.6 Å². The summed E-state index contributed by atoms with van der Waals surface area (Å²) in [7, 11) is 1.86. The molecule has 0 saturated heterocycles. The molecular formula is C15H15BrN2O3. The van der Waals surface area contributed by atoms with E-state index >= 15 is 0 Å². The summed E-state index contributed by atoms with van der Waals surface area (Å²) >= 11 is 3.41. The number of hydrogen-bond acceptors (Lipinski definition) is 4. The van der Waals surface area contributed by atoms with E-state index in [-0.39, 0.29) is 11.7 Å². The Kier molecular flexibility index (Phi) is 4.93. The van der Waals surface area contributed by atoms with Gasteiger partial charge < -0.3 is 10.1 Å². The van der Waals surface area contributed by atoms with E-state index in [9.17, 15) is 10.1 Å². The second-order valence-electron chi connectivity index (χ2n) is 4.55. The molecule has 5 nitrogen and oxygen atoms in total. The zero-order chi connectivity index (χ0) is 15.4. The van der Waals surface area contributed by atoms with Gasteiger partial charge in [0, 0.05) is 22.1 Å². The van der Waals surface area contributed by atoms with Crippen molar-refractivity contribution in [1.82, 2.24) is 5.32 Å². The molecule has 110 valence electrons. The standard InChI is InChI=1S/C15H15BrN2O3/c1-10(17-2)14-7-6-11(16)8-15(14)21-13-5-3-4-12(9-13)18(19)20/h3-10,17H,1-2H3. The minimum atomic E-state index is -0.440. The van der Waals surface area contributed by atoms with Gasteiger partial charge in [-0.1, -0.05) is 28.1 Å². The summed E-state index contributed by atoms with van der Waals surface area (Å²) in [5.41, 5.74) is 0.984. The van der Waals surface area contributed by atoms with Gasteiger partial charge in [0.15, 0.2) is 0 Å². The molecule has 0 heterocycles. The maximum Gasteiger partial charge on any atom is 0.273 e. The number of rotatable bonds is 5. The summed E-state index contributed by atoms with van der Waals surface area (Å²) in [6.07, 6.45) is 0. The maximum absolute atomic E-state index is 10.8. The molecule has 0 aliphatic heterocycles. The number of nitro benzene ring substituents is 1. The normalized spacial score (nSPS) is 12.0. The van der Waals surface area contributed by atoms with Gasteiger partial charge in [-0.25, -0.2) is 0 Å². The smallest absolute Gasteiger partial charge is 0.273 e. The third-order valence-electron chi connectivity index (χ3n) is 3.13.